The van der Waals surface area contributed by atoms with E-state index in [4.69, 9.17) is 0 Å². The molecule has 0 bridgehead atoms. The maximum Gasteiger partial charge on any atom is 0.179 e. The van der Waals surface area contributed by atoms with Crippen LogP contribution < -0.4 is 0 Å². The first-order chi connectivity index (χ1) is 49.8. The molecule has 106 heavy (non-hydrogen) atoms. The second kappa shape index (κ2) is 37.7. The molecule has 4 heterocycles. The topological polar surface area (TPSA) is 217 Å². The number of sulfone groups is 4. The van der Waals surface area contributed by atoms with Gasteiger partial charge >= 0.3 is 0 Å². The third kappa shape index (κ3) is 18.5. The Labute approximate surface area is 637 Å². The molecular weight excluding hydrogens is 1400 g/mol. The van der Waals surface area contributed by atoms with Crippen LogP contribution in [0, 0.1) is 21.7 Å². The molecule has 0 fully saturated rings. The molecule has 0 aliphatic carbocycles. The Balaban J connectivity index is 0.000000196. The first-order valence-corrected chi connectivity index (χ1v) is 44.6. The van der Waals surface area contributed by atoms with Crippen LogP contribution in [0.5, 0.6) is 0 Å². The van der Waals surface area contributed by atoms with E-state index in [0.29, 0.717) is 45.3 Å². The molecule has 4 aliphatic heterocycles. The van der Waals surface area contributed by atoms with Gasteiger partial charge < -0.3 is 20.4 Å². The molecule has 0 aromatic heterocycles. The number of unbranched alkanes of at least 4 members (excludes halogenated alkanes) is 4. The third-order valence-corrected chi connectivity index (χ3v) is 31.6. The molecule has 16 heteroatoms. The highest BCUT2D eigenvalue weighted by molar-refractivity contribution is 7.92. The number of benzene rings is 8. The van der Waals surface area contributed by atoms with Gasteiger partial charge in [0.05, 0.1) is 67.0 Å². The number of rotatable bonds is 20. The van der Waals surface area contributed by atoms with Crippen molar-refractivity contribution in [1.82, 2.24) is 0 Å². The van der Waals surface area contributed by atoms with Crippen LogP contribution in [0.15, 0.2) is 238 Å². The van der Waals surface area contributed by atoms with Gasteiger partial charge in [-0.25, -0.2) is 33.7 Å². The summed E-state index contributed by atoms with van der Waals surface area (Å²) < 4.78 is 106. The van der Waals surface area contributed by atoms with E-state index < -0.39 is 85.4 Å². The van der Waals surface area contributed by atoms with Crippen LogP contribution in [-0.4, -0.2) is 102 Å². The molecule has 0 amide bonds. The molecule has 0 saturated heterocycles. The van der Waals surface area contributed by atoms with Crippen molar-refractivity contribution < 1.29 is 54.1 Å². The van der Waals surface area contributed by atoms with Gasteiger partial charge in [-0.1, -0.05) is 316 Å². The van der Waals surface area contributed by atoms with Crippen molar-refractivity contribution in [3.63, 3.8) is 0 Å². The number of aliphatic hydroxyl groups excluding tert-OH is 4. The van der Waals surface area contributed by atoms with Crippen molar-refractivity contribution in [3.05, 3.63) is 263 Å². The monoisotopic (exact) mass is 1520 g/mol. The van der Waals surface area contributed by atoms with Gasteiger partial charge in [-0.3, -0.25) is 0 Å². The molecule has 4 N–H and O–H groups in total. The summed E-state index contributed by atoms with van der Waals surface area (Å²) in [6, 6.07) is 68.0. The molecule has 8 aromatic carbocycles. The second-order valence-electron chi connectivity index (χ2n) is 29.8. The molecule has 0 radical (unpaired) electrons. The molecule has 0 unspecified atom stereocenters. The number of fused-ring (bicyclic) bond motifs is 4. The maximum atomic E-state index is 13.2. The Morgan fingerprint density at radius 2 is 0.425 bits per heavy atom. The average Bonchev–Trinajstić information content (AvgIpc) is 1.62. The molecule has 0 spiro atoms. The van der Waals surface area contributed by atoms with Crippen molar-refractivity contribution in [2.24, 2.45) is 21.7 Å². The van der Waals surface area contributed by atoms with Gasteiger partial charge in [-0.05, 0) is 120 Å². The van der Waals surface area contributed by atoms with E-state index in [2.05, 4.69) is 27.7 Å². The minimum Gasteiger partial charge on any atom is -0.392 e. The predicted molar refractivity (Wildman–Crippen MR) is 434 cm³/mol. The van der Waals surface area contributed by atoms with Gasteiger partial charge in [-0.15, -0.1) is 0 Å². The minimum atomic E-state index is -3.46. The molecule has 12 rings (SSSR count). The summed E-state index contributed by atoms with van der Waals surface area (Å²) in [5.74, 6) is -1.28. The number of aliphatic hydroxyl groups is 4. The number of hydrogen-bond acceptors (Lipinski definition) is 12. The van der Waals surface area contributed by atoms with E-state index in [1.807, 2.05) is 198 Å². The van der Waals surface area contributed by atoms with E-state index >= 15 is 0 Å². The Morgan fingerprint density at radius 1 is 0.264 bits per heavy atom. The van der Waals surface area contributed by atoms with Crippen molar-refractivity contribution >= 4 is 39.3 Å². The predicted octanol–water partition coefficient (Wildman–Crippen LogP) is 19.5. The van der Waals surface area contributed by atoms with Crippen molar-refractivity contribution in [2.75, 3.05) is 23.0 Å². The van der Waals surface area contributed by atoms with Crippen LogP contribution in [0.25, 0.3) is 0 Å². The van der Waals surface area contributed by atoms with Gasteiger partial charge in [0.2, 0.25) is 0 Å². The summed E-state index contributed by atoms with van der Waals surface area (Å²) in [5, 5.41) is 46.2. The first kappa shape index (κ1) is 86.6. The van der Waals surface area contributed by atoms with Crippen LogP contribution in [0.1, 0.15) is 241 Å². The highest BCUT2D eigenvalue weighted by Gasteiger charge is 2.53. The van der Waals surface area contributed by atoms with E-state index in [-0.39, 0.29) is 61.5 Å². The van der Waals surface area contributed by atoms with Gasteiger partial charge in [-0.2, -0.15) is 0 Å². The van der Waals surface area contributed by atoms with Crippen molar-refractivity contribution in [1.29, 1.82) is 0 Å². The molecule has 0 saturated carbocycles. The third-order valence-electron chi connectivity index (χ3n) is 23.6. The molecule has 8 aromatic rings. The highest BCUT2D eigenvalue weighted by atomic mass is 32.2. The van der Waals surface area contributed by atoms with E-state index in [1.54, 1.807) is 48.5 Å². The smallest absolute Gasteiger partial charge is 0.179 e. The number of hydrogen-bond donors (Lipinski definition) is 4. The first-order valence-electron chi connectivity index (χ1n) is 38.0. The van der Waals surface area contributed by atoms with E-state index in [1.165, 1.54) is 0 Å². The van der Waals surface area contributed by atoms with Crippen LogP contribution in [0.2, 0.25) is 0 Å². The van der Waals surface area contributed by atoms with Crippen LogP contribution in [0.4, 0.5) is 0 Å². The van der Waals surface area contributed by atoms with Crippen LogP contribution in [0.3, 0.4) is 0 Å². The molecule has 12 atom stereocenters. The lowest BCUT2D eigenvalue weighted by Gasteiger charge is -2.39. The van der Waals surface area contributed by atoms with Crippen LogP contribution >= 0.6 is 0 Å². The zero-order valence-corrected chi connectivity index (χ0v) is 65.5. The Morgan fingerprint density at radius 3 is 0.585 bits per heavy atom. The molecular formula is C90H120O12S4. The Hall–Kier alpha value is -6.60. The summed E-state index contributed by atoms with van der Waals surface area (Å²) in [5.41, 5.74) is 4.24. The maximum absolute atomic E-state index is 13.2. The van der Waals surface area contributed by atoms with Gasteiger partial charge in [0.15, 0.2) is 39.3 Å². The summed E-state index contributed by atoms with van der Waals surface area (Å²) in [6.07, 6.45) is 10.1. The van der Waals surface area contributed by atoms with Crippen molar-refractivity contribution in [3.8, 4) is 0 Å². The fraction of sp³-hybridized carbons (Fsp3) is 0.467. The van der Waals surface area contributed by atoms with E-state index in [0.717, 1.165) is 122 Å². The SMILES string of the molecule is C.C.CCCC[C@]1(CC)CS(=O)(=O)c2ccccc2[C@@H](c2ccccc2)[C@@H]1O.CCCC[C@]1(CC)CS(=O)(=O)c2ccccc2[C@@H](c2ccccc2)[C@H]1O.CCCC[C@]1(CC)CS(=O)(=O)c2ccccc2[C@H](c2ccccc2)[C@@H]1O.CCCC[C@]1(CC)CS(=O)(=O)c2ccccc2[C@H](c2ccccc2)[C@H]1O. The lowest BCUT2D eigenvalue weighted by molar-refractivity contribution is 0.0173. The molecule has 4 aliphatic rings. The van der Waals surface area contributed by atoms with Gasteiger partial charge in [0.25, 0.3) is 0 Å². The average molecular weight is 1520 g/mol. The van der Waals surface area contributed by atoms with Crippen LogP contribution in [-0.2, 0) is 39.3 Å². The van der Waals surface area contributed by atoms with Gasteiger partial charge in [0.1, 0.15) is 0 Å². The Bertz CT molecular complexity index is 3960. The molecule has 12 nitrogen and oxygen atoms in total. The summed E-state index contributed by atoms with van der Waals surface area (Å²) in [6.45, 7) is 16.4. The summed E-state index contributed by atoms with van der Waals surface area (Å²) in [7, 11) is -13.8. The van der Waals surface area contributed by atoms with E-state index in [9.17, 15) is 54.1 Å². The van der Waals surface area contributed by atoms with Crippen molar-refractivity contribution in [2.45, 2.75) is 241 Å². The fourth-order valence-electron chi connectivity index (χ4n) is 17.4. The largest absolute Gasteiger partial charge is 0.392 e. The minimum absolute atomic E-state index is 0. The molecule has 576 valence electrons. The zero-order chi connectivity index (χ0) is 75.1. The van der Waals surface area contributed by atoms with Gasteiger partial charge in [0, 0.05) is 45.3 Å². The fourth-order valence-corrected chi connectivity index (χ4v) is 26.5. The zero-order valence-electron chi connectivity index (χ0n) is 62.2. The quantitative estimate of drug-likeness (QED) is 0.0560. The highest BCUT2D eigenvalue weighted by Crippen LogP contribution is 2.53. The summed E-state index contributed by atoms with van der Waals surface area (Å²) >= 11 is 0. The second-order valence-corrected chi connectivity index (χ2v) is 37.6. The summed E-state index contributed by atoms with van der Waals surface area (Å²) in [4.78, 5) is 1.50. The standard InChI is InChI=1S/4C22H28O3S.2CH4/c4*1-3-5-15-22(4-2)16-26(24,25)19-14-10-9-13-18(19)20(21(22)23)17-11-7-6-8-12-17;;/h4*6-14,20-21,23H,3-5,15-16H2,1-2H3;2*1H4/t20-,21+,22+;20-,21+,22-;20-,21-,22+;20-,21-,22-;;/m0101../s1. The Kier molecular flexibility index (Phi) is 30.8. The lowest BCUT2D eigenvalue weighted by atomic mass is 9.69. The lowest BCUT2D eigenvalue weighted by Crippen LogP contribution is -2.42. The normalized spacial score (nSPS) is 27.0.